The van der Waals surface area contributed by atoms with Crippen LogP contribution in [0.4, 0.5) is 0 Å². The van der Waals surface area contributed by atoms with Crippen LogP contribution in [0.25, 0.3) is 0 Å². The van der Waals surface area contributed by atoms with Crippen molar-refractivity contribution in [3.63, 3.8) is 0 Å². The second-order valence-corrected chi connectivity index (χ2v) is 16.0. The van der Waals surface area contributed by atoms with Gasteiger partial charge in [-0.2, -0.15) is 0 Å². The highest BCUT2D eigenvalue weighted by Crippen LogP contribution is 2.43. The SMILES string of the molecule is CCCCC/C=C\C/C=C\CCCCCCCCCC(=O)NC(COP(=O)(O)OCC(O)COC(=O)CCCCCCC/C=C\CCCCCCC)C(=O)O. The van der Waals surface area contributed by atoms with Crippen molar-refractivity contribution in [3.8, 4) is 0 Å². The van der Waals surface area contributed by atoms with Crippen molar-refractivity contribution in [1.82, 2.24) is 5.32 Å². The number of amides is 1. The summed E-state index contributed by atoms with van der Waals surface area (Å²) in [5.74, 6) is -2.39. The highest BCUT2D eigenvalue weighted by atomic mass is 31.2. The Morgan fingerprint density at radius 1 is 0.582 bits per heavy atom. The first-order valence-corrected chi connectivity index (χ1v) is 23.0. The molecule has 0 heterocycles. The zero-order valence-corrected chi connectivity index (χ0v) is 35.4. The molecule has 0 rings (SSSR count). The van der Waals surface area contributed by atoms with Crippen LogP contribution >= 0.6 is 7.82 Å². The van der Waals surface area contributed by atoms with E-state index in [0.29, 0.717) is 12.8 Å². The number of allylic oxidation sites excluding steroid dienone is 6. The molecule has 0 saturated heterocycles. The van der Waals surface area contributed by atoms with Gasteiger partial charge in [0.2, 0.25) is 5.91 Å². The van der Waals surface area contributed by atoms with E-state index < -0.39 is 57.6 Å². The number of hydrogen-bond acceptors (Lipinski definition) is 8. The summed E-state index contributed by atoms with van der Waals surface area (Å²) in [6.07, 6.45) is 40.2. The first-order chi connectivity index (χ1) is 26.6. The Kier molecular flexibility index (Phi) is 37.0. The Balaban J connectivity index is 3.94. The van der Waals surface area contributed by atoms with Gasteiger partial charge in [-0.1, -0.05) is 140 Å². The average molecular weight is 800 g/mol. The lowest BCUT2D eigenvalue weighted by Crippen LogP contribution is -2.43. The van der Waals surface area contributed by atoms with Crippen LogP contribution in [-0.4, -0.2) is 64.9 Å². The van der Waals surface area contributed by atoms with Crippen molar-refractivity contribution in [2.45, 2.75) is 199 Å². The van der Waals surface area contributed by atoms with Crippen LogP contribution in [0.1, 0.15) is 187 Å². The van der Waals surface area contributed by atoms with Gasteiger partial charge in [-0.3, -0.25) is 18.6 Å². The number of nitrogens with one attached hydrogen (secondary N) is 1. The van der Waals surface area contributed by atoms with Gasteiger partial charge < -0.3 is 25.2 Å². The van der Waals surface area contributed by atoms with E-state index in [-0.39, 0.29) is 12.8 Å². The van der Waals surface area contributed by atoms with E-state index in [2.05, 4.69) is 55.6 Å². The number of carboxylic acids is 1. The zero-order valence-electron chi connectivity index (χ0n) is 34.5. The maximum atomic E-state index is 12.3. The second-order valence-electron chi connectivity index (χ2n) is 14.5. The van der Waals surface area contributed by atoms with Crippen LogP contribution in [0.2, 0.25) is 0 Å². The molecular formula is C43H78NO10P. The molecule has 12 heteroatoms. The highest BCUT2D eigenvalue weighted by molar-refractivity contribution is 7.47. The van der Waals surface area contributed by atoms with Crippen molar-refractivity contribution in [2.24, 2.45) is 0 Å². The molecule has 320 valence electrons. The summed E-state index contributed by atoms with van der Waals surface area (Å²) in [6.45, 7) is 2.54. The fourth-order valence-electron chi connectivity index (χ4n) is 5.75. The summed E-state index contributed by atoms with van der Waals surface area (Å²) in [7, 11) is -4.76. The fourth-order valence-corrected chi connectivity index (χ4v) is 6.52. The van der Waals surface area contributed by atoms with Crippen LogP contribution in [0.5, 0.6) is 0 Å². The Morgan fingerprint density at radius 3 is 1.53 bits per heavy atom. The molecule has 3 unspecified atom stereocenters. The van der Waals surface area contributed by atoms with Crippen molar-refractivity contribution >= 4 is 25.7 Å². The molecule has 4 N–H and O–H groups in total. The van der Waals surface area contributed by atoms with Crippen LogP contribution in [0, 0.1) is 0 Å². The van der Waals surface area contributed by atoms with Gasteiger partial charge in [0.05, 0.1) is 13.2 Å². The summed E-state index contributed by atoms with van der Waals surface area (Å²) in [6, 6.07) is -1.55. The number of esters is 1. The number of carboxylic acid groups (broad SMARTS) is 1. The third-order valence-corrected chi connectivity index (χ3v) is 10.1. The molecule has 0 aromatic heterocycles. The number of unbranched alkanes of at least 4 members (excludes halogenated alkanes) is 20. The summed E-state index contributed by atoms with van der Waals surface area (Å²) in [5.41, 5.74) is 0. The molecule has 0 aliphatic carbocycles. The van der Waals surface area contributed by atoms with Crippen LogP contribution in [0.3, 0.4) is 0 Å². The molecule has 1 amide bonds. The fraction of sp³-hybridized carbons (Fsp3) is 0.791. The molecule has 0 radical (unpaired) electrons. The van der Waals surface area contributed by atoms with Gasteiger partial charge in [0, 0.05) is 12.8 Å². The Labute approximate surface area is 333 Å². The minimum Gasteiger partial charge on any atom is -0.480 e. The lowest BCUT2D eigenvalue weighted by Gasteiger charge is -2.18. The normalized spacial score (nSPS) is 14.1. The summed E-state index contributed by atoms with van der Waals surface area (Å²) in [5, 5.41) is 21.8. The van der Waals surface area contributed by atoms with Gasteiger partial charge in [0.1, 0.15) is 12.7 Å². The maximum absolute atomic E-state index is 12.3. The number of aliphatic hydroxyl groups is 1. The van der Waals surface area contributed by atoms with Crippen LogP contribution < -0.4 is 5.32 Å². The molecule has 55 heavy (non-hydrogen) atoms. The first kappa shape index (κ1) is 52.7. The van der Waals surface area contributed by atoms with E-state index in [1.807, 2.05) is 0 Å². The number of carbonyl (C=O) groups excluding carboxylic acids is 2. The smallest absolute Gasteiger partial charge is 0.472 e. The number of carbonyl (C=O) groups is 3. The molecular weight excluding hydrogens is 721 g/mol. The quantitative estimate of drug-likeness (QED) is 0.0202. The third kappa shape index (κ3) is 38.4. The number of aliphatic carboxylic acids is 1. The number of phosphoric ester groups is 1. The van der Waals surface area contributed by atoms with E-state index in [0.717, 1.165) is 83.5 Å². The standard InChI is InChI=1S/C43H78NO10P/c1-3-5-7-9-11-13-15-17-19-20-21-22-24-26-28-30-32-34-41(46)44-40(43(48)49)38-54-55(50,51)53-37-39(45)36-52-42(47)35-33-31-29-27-25-23-18-16-14-12-10-8-6-4-2/h11,13,16-19,39-40,45H,3-10,12,14-15,20-38H2,1-2H3,(H,44,46)(H,48,49)(H,50,51)/b13-11-,18-16-,19-17-. The van der Waals surface area contributed by atoms with Crippen molar-refractivity contribution in [3.05, 3.63) is 36.5 Å². The predicted molar refractivity (Wildman–Crippen MR) is 222 cm³/mol. The Bertz CT molecular complexity index is 1080. The van der Waals surface area contributed by atoms with E-state index in [1.54, 1.807) is 0 Å². The van der Waals surface area contributed by atoms with E-state index in [4.69, 9.17) is 13.8 Å². The van der Waals surface area contributed by atoms with Crippen LogP contribution in [-0.2, 0) is 32.7 Å². The predicted octanol–water partition coefficient (Wildman–Crippen LogP) is 10.8. The largest absolute Gasteiger partial charge is 0.480 e. The van der Waals surface area contributed by atoms with Crippen molar-refractivity contribution in [1.29, 1.82) is 0 Å². The van der Waals surface area contributed by atoms with Gasteiger partial charge in [-0.25, -0.2) is 9.36 Å². The topological polar surface area (TPSA) is 169 Å². The summed E-state index contributed by atoms with van der Waals surface area (Å²) < 4.78 is 26.8. The Morgan fingerprint density at radius 2 is 1.00 bits per heavy atom. The summed E-state index contributed by atoms with van der Waals surface area (Å²) >= 11 is 0. The zero-order chi connectivity index (χ0) is 40.7. The van der Waals surface area contributed by atoms with Gasteiger partial charge in [-0.15, -0.1) is 0 Å². The lowest BCUT2D eigenvalue weighted by molar-refractivity contribution is -0.147. The number of phosphoric acid groups is 1. The van der Waals surface area contributed by atoms with Crippen molar-refractivity contribution < 1.29 is 47.8 Å². The van der Waals surface area contributed by atoms with Crippen molar-refractivity contribution in [2.75, 3.05) is 19.8 Å². The molecule has 0 fully saturated rings. The first-order valence-electron chi connectivity index (χ1n) is 21.5. The number of aliphatic hydroxyl groups excluding tert-OH is 1. The molecule has 11 nitrogen and oxygen atoms in total. The molecule has 0 bridgehead atoms. The minimum atomic E-state index is -4.76. The van der Waals surface area contributed by atoms with Gasteiger partial charge in [0.25, 0.3) is 0 Å². The molecule has 0 saturated carbocycles. The molecule has 3 atom stereocenters. The maximum Gasteiger partial charge on any atom is 0.472 e. The molecule has 0 spiro atoms. The third-order valence-electron chi connectivity index (χ3n) is 9.15. The monoisotopic (exact) mass is 800 g/mol. The average Bonchev–Trinajstić information content (AvgIpc) is 3.16. The summed E-state index contributed by atoms with van der Waals surface area (Å²) in [4.78, 5) is 45.9. The number of ether oxygens (including phenoxy) is 1. The number of rotatable bonds is 40. The van der Waals surface area contributed by atoms with Gasteiger partial charge in [0.15, 0.2) is 6.04 Å². The molecule has 0 aromatic rings. The van der Waals surface area contributed by atoms with Gasteiger partial charge in [-0.05, 0) is 70.6 Å². The van der Waals surface area contributed by atoms with Crippen LogP contribution in [0.15, 0.2) is 36.5 Å². The second kappa shape index (κ2) is 38.6. The number of hydrogen-bond donors (Lipinski definition) is 4. The lowest BCUT2D eigenvalue weighted by atomic mass is 10.1. The van der Waals surface area contributed by atoms with E-state index >= 15 is 0 Å². The molecule has 0 aromatic carbocycles. The minimum absolute atomic E-state index is 0.136. The van der Waals surface area contributed by atoms with Gasteiger partial charge >= 0.3 is 19.8 Å². The Hall–Kier alpha value is -2.30. The molecule has 0 aliphatic rings. The van der Waals surface area contributed by atoms with E-state index in [9.17, 15) is 34.1 Å². The van der Waals surface area contributed by atoms with E-state index in [1.165, 1.54) is 64.2 Å². The molecule has 0 aliphatic heterocycles. The highest BCUT2D eigenvalue weighted by Gasteiger charge is 2.28.